The average Bonchev–Trinajstić information content (AvgIpc) is 2.48. The highest BCUT2D eigenvalue weighted by Crippen LogP contribution is 2.32. The van der Waals surface area contributed by atoms with E-state index in [4.69, 9.17) is 11.8 Å². The normalized spacial score (nSPS) is 10.6. The Kier molecular flexibility index (Phi) is 3.00. The molecule has 0 aliphatic carbocycles. The fourth-order valence-corrected chi connectivity index (χ4v) is 2.86. The molecular weight excluding hydrogens is 242 g/mol. The largest absolute Gasteiger partial charge is 0.304 e. The maximum atomic E-state index is 8.32. The summed E-state index contributed by atoms with van der Waals surface area (Å²) in [5.41, 5.74) is 2.74. The van der Waals surface area contributed by atoms with Crippen LogP contribution in [0.4, 0.5) is 0 Å². The van der Waals surface area contributed by atoms with Gasteiger partial charge in [-0.1, -0.05) is 48.5 Å². The van der Waals surface area contributed by atoms with Crippen molar-refractivity contribution < 1.29 is 0 Å². The molecule has 1 heteroatoms. The van der Waals surface area contributed by atoms with E-state index in [1.165, 1.54) is 16.3 Å². The summed E-state index contributed by atoms with van der Waals surface area (Å²) in [6, 6.07) is 16.5. The van der Waals surface area contributed by atoms with Crippen molar-refractivity contribution in [3.8, 4) is 12.3 Å². The van der Waals surface area contributed by atoms with Gasteiger partial charge in [-0.3, -0.25) is 0 Å². The number of nitrogens with one attached hydrogen (secondary N) is 1. The van der Waals surface area contributed by atoms with Crippen LogP contribution in [0.15, 0.2) is 48.5 Å². The zero-order valence-electron chi connectivity index (χ0n) is 11.4. The Morgan fingerprint density at radius 3 is 1.85 bits per heavy atom. The van der Waals surface area contributed by atoms with Gasteiger partial charge in [0.15, 0.2) is 0 Å². The summed E-state index contributed by atoms with van der Waals surface area (Å²) in [5, 5.41) is 12.9. The van der Waals surface area contributed by atoms with E-state index in [1.54, 1.807) is 0 Å². The van der Waals surface area contributed by atoms with Crippen LogP contribution in [0.3, 0.4) is 0 Å². The van der Waals surface area contributed by atoms with Crippen LogP contribution in [-0.4, -0.2) is 5.71 Å². The van der Waals surface area contributed by atoms with Crippen molar-refractivity contribution in [2.75, 3.05) is 0 Å². The van der Waals surface area contributed by atoms with Crippen molar-refractivity contribution in [1.82, 2.24) is 0 Å². The molecule has 0 atom stereocenters. The molecule has 96 valence electrons. The second-order valence-corrected chi connectivity index (χ2v) is 4.95. The molecule has 0 aromatic heterocycles. The summed E-state index contributed by atoms with van der Waals surface area (Å²) < 4.78 is 0. The summed E-state index contributed by atoms with van der Waals surface area (Å²) in [7, 11) is 0. The van der Waals surface area contributed by atoms with Gasteiger partial charge in [-0.25, -0.2) is 0 Å². The van der Waals surface area contributed by atoms with Crippen molar-refractivity contribution >= 4 is 27.3 Å². The third-order valence-corrected chi connectivity index (χ3v) is 3.78. The first-order valence-corrected chi connectivity index (χ1v) is 6.65. The lowest BCUT2D eigenvalue weighted by atomic mass is 9.89. The Balaban J connectivity index is 2.54. The maximum absolute atomic E-state index is 8.32. The van der Waals surface area contributed by atoms with E-state index < -0.39 is 0 Å². The molecule has 3 aromatic rings. The van der Waals surface area contributed by atoms with E-state index in [1.807, 2.05) is 24.3 Å². The minimum Gasteiger partial charge on any atom is -0.304 e. The van der Waals surface area contributed by atoms with Crippen LogP contribution in [0, 0.1) is 24.7 Å². The number of hydrogen-bond donors (Lipinski definition) is 1. The van der Waals surface area contributed by atoms with Crippen LogP contribution in [0.5, 0.6) is 0 Å². The van der Waals surface area contributed by atoms with E-state index in [0.717, 1.165) is 16.3 Å². The van der Waals surface area contributed by atoms with Crippen molar-refractivity contribution in [2.45, 2.75) is 13.3 Å². The molecular formula is C19H15N. The number of hydrogen-bond acceptors (Lipinski definition) is 1. The number of terminal acetylenes is 1. The van der Waals surface area contributed by atoms with Gasteiger partial charge in [0.05, 0.1) is 12.1 Å². The fourth-order valence-electron chi connectivity index (χ4n) is 2.86. The molecule has 3 rings (SSSR count). The molecule has 0 spiro atoms. The Morgan fingerprint density at radius 1 is 0.950 bits per heavy atom. The molecule has 0 bridgehead atoms. The first-order chi connectivity index (χ1) is 9.74. The highest BCUT2D eigenvalue weighted by Gasteiger charge is 2.13. The van der Waals surface area contributed by atoms with Gasteiger partial charge in [0.1, 0.15) is 0 Å². The second-order valence-electron chi connectivity index (χ2n) is 4.95. The first-order valence-electron chi connectivity index (χ1n) is 6.65. The molecule has 0 amide bonds. The quantitative estimate of drug-likeness (QED) is 0.391. The van der Waals surface area contributed by atoms with Gasteiger partial charge in [-0.05, 0) is 34.0 Å². The number of rotatable bonds is 2. The van der Waals surface area contributed by atoms with Gasteiger partial charge in [0, 0.05) is 5.56 Å². The Bertz CT molecular complexity index is 809. The third kappa shape index (κ3) is 1.78. The van der Waals surface area contributed by atoms with Gasteiger partial charge < -0.3 is 5.41 Å². The summed E-state index contributed by atoms with van der Waals surface area (Å²) in [6.07, 6.45) is 5.75. The summed E-state index contributed by atoms with van der Waals surface area (Å²) in [4.78, 5) is 0. The Morgan fingerprint density at radius 2 is 1.40 bits per heavy atom. The molecule has 0 unspecified atom stereocenters. The molecule has 1 nitrogen and oxygen atoms in total. The molecule has 0 saturated carbocycles. The lowest BCUT2D eigenvalue weighted by molar-refractivity contribution is 1.40. The number of aryl methyl sites for hydroxylation is 1. The maximum Gasteiger partial charge on any atom is 0.0517 e. The fraction of sp³-hybridized carbons (Fsp3) is 0.105. The predicted octanol–water partition coefficient (Wildman–Crippen LogP) is 4.69. The molecule has 0 aliphatic rings. The standard InChI is InChI=1S/C19H15N/c1-3-8-18(20)19-16-11-6-4-9-14(16)13(2)15-10-5-7-12-17(15)19/h1,4-7,9-12,20H,8H2,2H3. The van der Waals surface area contributed by atoms with E-state index in [0.29, 0.717) is 12.1 Å². The lowest BCUT2D eigenvalue weighted by Crippen LogP contribution is -2.01. The molecule has 0 fully saturated rings. The monoisotopic (exact) mass is 257 g/mol. The molecule has 0 radical (unpaired) electrons. The van der Waals surface area contributed by atoms with Crippen LogP contribution >= 0.6 is 0 Å². The zero-order valence-corrected chi connectivity index (χ0v) is 11.4. The van der Waals surface area contributed by atoms with Crippen LogP contribution in [-0.2, 0) is 0 Å². The van der Waals surface area contributed by atoms with Gasteiger partial charge in [-0.2, -0.15) is 0 Å². The highest BCUT2D eigenvalue weighted by molar-refractivity contribution is 6.21. The topological polar surface area (TPSA) is 23.9 Å². The van der Waals surface area contributed by atoms with Crippen molar-refractivity contribution in [3.63, 3.8) is 0 Å². The van der Waals surface area contributed by atoms with E-state index in [2.05, 4.69) is 37.1 Å². The smallest absolute Gasteiger partial charge is 0.0517 e. The minimum absolute atomic E-state index is 0.358. The number of benzene rings is 3. The van der Waals surface area contributed by atoms with Gasteiger partial charge in [-0.15, -0.1) is 12.3 Å². The summed E-state index contributed by atoms with van der Waals surface area (Å²) >= 11 is 0. The SMILES string of the molecule is C#CCC(=N)c1c2ccccc2c(C)c2ccccc12. The number of fused-ring (bicyclic) bond motifs is 2. The Hall–Kier alpha value is -2.59. The zero-order chi connectivity index (χ0) is 14.1. The van der Waals surface area contributed by atoms with Gasteiger partial charge in [0.2, 0.25) is 0 Å². The van der Waals surface area contributed by atoms with Crippen LogP contribution in [0.25, 0.3) is 21.5 Å². The van der Waals surface area contributed by atoms with Gasteiger partial charge in [0.25, 0.3) is 0 Å². The molecule has 3 aromatic carbocycles. The van der Waals surface area contributed by atoms with Crippen LogP contribution < -0.4 is 0 Å². The minimum atomic E-state index is 0.358. The average molecular weight is 257 g/mol. The molecule has 1 N–H and O–H groups in total. The van der Waals surface area contributed by atoms with E-state index in [-0.39, 0.29) is 0 Å². The highest BCUT2D eigenvalue weighted by atomic mass is 14.4. The summed E-state index contributed by atoms with van der Waals surface area (Å²) in [5.74, 6) is 2.59. The van der Waals surface area contributed by atoms with Gasteiger partial charge >= 0.3 is 0 Å². The van der Waals surface area contributed by atoms with E-state index >= 15 is 0 Å². The molecule has 20 heavy (non-hydrogen) atoms. The lowest BCUT2D eigenvalue weighted by Gasteiger charge is -2.14. The predicted molar refractivity (Wildman–Crippen MR) is 86.5 cm³/mol. The van der Waals surface area contributed by atoms with E-state index in [9.17, 15) is 0 Å². The van der Waals surface area contributed by atoms with Crippen molar-refractivity contribution in [3.05, 3.63) is 59.7 Å². The molecule has 0 aliphatic heterocycles. The summed E-state index contributed by atoms with van der Waals surface area (Å²) in [6.45, 7) is 2.14. The van der Waals surface area contributed by atoms with Crippen LogP contribution in [0.1, 0.15) is 17.5 Å². The first kappa shape index (κ1) is 12.4. The third-order valence-electron chi connectivity index (χ3n) is 3.78. The second kappa shape index (κ2) is 4.83. The Labute approximate surface area is 118 Å². The molecule has 0 saturated heterocycles. The van der Waals surface area contributed by atoms with Crippen LogP contribution in [0.2, 0.25) is 0 Å². The molecule has 0 heterocycles. The van der Waals surface area contributed by atoms with Crippen molar-refractivity contribution in [2.24, 2.45) is 0 Å². The van der Waals surface area contributed by atoms with Crippen molar-refractivity contribution in [1.29, 1.82) is 5.41 Å².